The summed E-state index contributed by atoms with van der Waals surface area (Å²) in [6, 6.07) is 8.72. The van der Waals surface area contributed by atoms with Crippen molar-refractivity contribution >= 4 is 11.7 Å². The lowest BCUT2D eigenvalue weighted by Crippen LogP contribution is -2.38. The number of carbonyl (C=O) groups excluding carboxylic acids is 1. The maximum absolute atomic E-state index is 12.0. The number of anilines is 1. The first-order valence-corrected chi connectivity index (χ1v) is 8.49. The van der Waals surface area contributed by atoms with Crippen molar-refractivity contribution < 1.29 is 4.79 Å². The van der Waals surface area contributed by atoms with Gasteiger partial charge in [-0.3, -0.25) is 0 Å². The molecule has 0 atom stereocenters. The van der Waals surface area contributed by atoms with Crippen LogP contribution in [-0.4, -0.2) is 12.1 Å². The van der Waals surface area contributed by atoms with Crippen molar-refractivity contribution in [3.8, 4) is 0 Å². The molecule has 0 heterocycles. The average molecular weight is 286 g/mol. The minimum atomic E-state index is -0.0597. The maximum atomic E-state index is 12.0. The van der Waals surface area contributed by atoms with Gasteiger partial charge in [-0.2, -0.15) is 0 Å². The van der Waals surface area contributed by atoms with Crippen LogP contribution in [0.15, 0.2) is 24.3 Å². The monoisotopic (exact) mass is 286 g/mol. The second-order valence-electron chi connectivity index (χ2n) is 6.54. The normalized spacial score (nSPS) is 20.4. The molecule has 0 saturated heterocycles. The third-order valence-electron chi connectivity index (χ3n) is 4.94. The number of nitrogens with one attached hydrogen (secondary N) is 2. The number of carbonyl (C=O) groups is 1. The smallest absolute Gasteiger partial charge is 0.319 e. The molecule has 0 radical (unpaired) electrons. The van der Waals surface area contributed by atoms with Gasteiger partial charge in [0.2, 0.25) is 0 Å². The summed E-state index contributed by atoms with van der Waals surface area (Å²) in [6.45, 7) is 0. The highest BCUT2D eigenvalue weighted by molar-refractivity contribution is 5.89. The summed E-state index contributed by atoms with van der Waals surface area (Å²) in [5.74, 6) is 0.732. The van der Waals surface area contributed by atoms with E-state index in [-0.39, 0.29) is 6.03 Å². The predicted molar refractivity (Wildman–Crippen MR) is 86.7 cm³/mol. The molecule has 1 aromatic rings. The number of amides is 2. The highest BCUT2D eigenvalue weighted by Crippen LogP contribution is 2.34. The summed E-state index contributed by atoms with van der Waals surface area (Å²) >= 11 is 0. The van der Waals surface area contributed by atoms with E-state index in [9.17, 15) is 4.79 Å². The first kappa shape index (κ1) is 14.4. The third kappa shape index (κ3) is 3.99. The standard InChI is InChI=1S/C18H26N2O/c21-18(19-16-8-2-1-3-9-16)20-17-12-10-15(11-13-17)14-6-4-5-7-14/h10-14,16H,1-9H2,(H2,19,20,21). The van der Waals surface area contributed by atoms with Crippen molar-refractivity contribution in [3.63, 3.8) is 0 Å². The molecule has 0 aromatic heterocycles. The molecule has 2 aliphatic carbocycles. The molecule has 0 bridgehead atoms. The zero-order valence-electron chi connectivity index (χ0n) is 12.7. The SMILES string of the molecule is O=C(Nc1ccc(C2CCCC2)cc1)NC1CCCCC1. The van der Waals surface area contributed by atoms with Crippen LogP contribution in [0.4, 0.5) is 10.5 Å². The summed E-state index contributed by atoms with van der Waals surface area (Å²) in [5.41, 5.74) is 2.32. The Morgan fingerprint density at radius 2 is 1.48 bits per heavy atom. The number of benzene rings is 1. The molecule has 114 valence electrons. The second kappa shape index (κ2) is 6.97. The number of hydrogen-bond donors (Lipinski definition) is 2. The quantitative estimate of drug-likeness (QED) is 0.823. The van der Waals surface area contributed by atoms with Gasteiger partial charge in [-0.1, -0.05) is 44.2 Å². The van der Waals surface area contributed by atoms with Crippen molar-refractivity contribution in [2.45, 2.75) is 69.7 Å². The van der Waals surface area contributed by atoms with Crippen LogP contribution in [0.2, 0.25) is 0 Å². The Morgan fingerprint density at radius 1 is 0.857 bits per heavy atom. The van der Waals surface area contributed by atoms with Gasteiger partial charge in [-0.05, 0) is 49.3 Å². The first-order chi connectivity index (χ1) is 10.3. The van der Waals surface area contributed by atoms with E-state index in [2.05, 4.69) is 22.8 Å². The van der Waals surface area contributed by atoms with Gasteiger partial charge in [0.1, 0.15) is 0 Å². The number of rotatable bonds is 3. The molecule has 0 spiro atoms. The van der Waals surface area contributed by atoms with Gasteiger partial charge < -0.3 is 10.6 Å². The highest BCUT2D eigenvalue weighted by atomic mass is 16.2. The van der Waals surface area contributed by atoms with Crippen molar-refractivity contribution in [3.05, 3.63) is 29.8 Å². The van der Waals surface area contributed by atoms with Crippen LogP contribution in [0.25, 0.3) is 0 Å². The van der Waals surface area contributed by atoms with Crippen LogP contribution in [0.3, 0.4) is 0 Å². The van der Waals surface area contributed by atoms with Crippen molar-refractivity contribution in [2.24, 2.45) is 0 Å². The van der Waals surface area contributed by atoms with Gasteiger partial charge in [0.25, 0.3) is 0 Å². The fourth-order valence-corrected chi connectivity index (χ4v) is 3.70. The van der Waals surface area contributed by atoms with Gasteiger partial charge in [0.05, 0.1) is 0 Å². The van der Waals surface area contributed by atoms with E-state index < -0.39 is 0 Å². The van der Waals surface area contributed by atoms with E-state index in [4.69, 9.17) is 0 Å². The minimum Gasteiger partial charge on any atom is -0.335 e. The second-order valence-corrected chi connectivity index (χ2v) is 6.54. The average Bonchev–Trinajstić information content (AvgIpc) is 3.03. The van der Waals surface area contributed by atoms with Crippen LogP contribution in [-0.2, 0) is 0 Å². The van der Waals surface area contributed by atoms with Gasteiger partial charge in [-0.25, -0.2) is 4.79 Å². The molecular weight excluding hydrogens is 260 g/mol. The molecule has 2 N–H and O–H groups in total. The Bertz CT molecular complexity index is 457. The minimum absolute atomic E-state index is 0.0597. The van der Waals surface area contributed by atoms with E-state index in [1.807, 2.05) is 12.1 Å². The van der Waals surface area contributed by atoms with Crippen LogP contribution >= 0.6 is 0 Å². The van der Waals surface area contributed by atoms with E-state index >= 15 is 0 Å². The Morgan fingerprint density at radius 3 is 2.14 bits per heavy atom. The predicted octanol–water partition coefficient (Wildman–Crippen LogP) is 4.80. The Kier molecular flexibility index (Phi) is 4.79. The molecule has 3 rings (SSSR count). The zero-order chi connectivity index (χ0) is 14.5. The number of hydrogen-bond acceptors (Lipinski definition) is 1. The van der Waals surface area contributed by atoms with Crippen LogP contribution in [0.1, 0.15) is 69.3 Å². The molecule has 2 aliphatic rings. The van der Waals surface area contributed by atoms with Gasteiger partial charge in [-0.15, -0.1) is 0 Å². The molecule has 2 saturated carbocycles. The van der Waals surface area contributed by atoms with E-state index in [0.29, 0.717) is 6.04 Å². The summed E-state index contributed by atoms with van der Waals surface area (Å²) in [5, 5.41) is 6.04. The summed E-state index contributed by atoms with van der Waals surface area (Å²) in [4.78, 5) is 12.0. The van der Waals surface area contributed by atoms with Crippen molar-refractivity contribution in [2.75, 3.05) is 5.32 Å². The van der Waals surface area contributed by atoms with Crippen LogP contribution in [0, 0.1) is 0 Å². The molecule has 21 heavy (non-hydrogen) atoms. The van der Waals surface area contributed by atoms with Crippen molar-refractivity contribution in [1.82, 2.24) is 5.32 Å². The topological polar surface area (TPSA) is 41.1 Å². The van der Waals surface area contributed by atoms with E-state index in [0.717, 1.165) is 24.4 Å². The first-order valence-electron chi connectivity index (χ1n) is 8.49. The lowest BCUT2D eigenvalue weighted by Gasteiger charge is -2.22. The summed E-state index contributed by atoms with van der Waals surface area (Å²) < 4.78 is 0. The maximum Gasteiger partial charge on any atom is 0.319 e. The lowest BCUT2D eigenvalue weighted by atomic mass is 9.96. The molecule has 3 heteroatoms. The summed E-state index contributed by atoms with van der Waals surface area (Å²) in [6.07, 6.45) is 11.4. The molecular formula is C18H26N2O. The van der Waals surface area contributed by atoms with E-state index in [1.165, 1.54) is 50.5 Å². The zero-order valence-corrected chi connectivity index (χ0v) is 12.7. The fourth-order valence-electron chi connectivity index (χ4n) is 3.70. The van der Waals surface area contributed by atoms with Gasteiger partial charge in [0.15, 0.2) is 0 Å². The Labute approximate surface area is 127 Å². The number of urea groups is 1. The van der Waals surface area contributed by atoms with E-state index in [1.54, 1.807) is 0 Å². The molecule has 0 unspecified atom stereocenters. The Hall–Kier alpha value is -1.51. The molecule has 2 amide bonds. The Balaban J connectivity index is 1.50. The van der Waals surface area contributed by atoms with Crippen LogP contribution < -0.4 is 10.6 Å². The van der Waals surface area contributed by atoms with Crippen molar-refractivity contribution in [1.29, 1.82) is 0 Å². The molecule has 2 fully saturated rings. The fraction of sp³-hybridized carbons (Fsp3) is 0.611. The van der Waals surface area contributed by atoms with Gasteiger partial charge >= 0.3 is 6.03 Å². The summed E-state index contributed by atoms with van der Waals surface area (Å²) in [7, 11) is 0. The highest BCUT2D eigenvalue weighted by Gasteiger charge is 2.17. The lowest BCUT2D eigenvalue weighted by molar-refractivity contribution is 0.244. The molecule has 1 aromatic carbocycles. The largest absolute Gasteiger partial charge is 0.335 e. The molecule has 3 nitrogen and oxygen atoms in total. The van der Waals surface area contributed by atoms with Gasteiger partial charge in [0, 0.05) is 11.7 Å². The third-order valence-corrected chi connectivity index (χ3v) is 4.94. The van der Waals surface area contributed by atoms with Crippen LogP contribution in [0.5, 0.6) is 0 Å². The molecule has 0 aliphatic heterocycles.